The summed E-state index contributed by atoms with van der Waals surface area (Å²) >= 11 is 0. The summed E-state index contributed by atoms with van der Waals surface area (Å²) in [7, 11) is 0. The minimum absolute atomic E-state index is 0.00287. The van der Waals surface area contributed by atoms with Gasteiger partial charge in [-0.05, 0) is 19.3 Å². The van der Waals surface area contributed by atoms with E-state index in [0.29, 0.717) is 6.54 Å². The molecule has 0 heterocycles. The van der Waals surface area contributed by atoms with Gasteiger partial charge in [0.1, 0.15) is 0 Å². The number of aliphatic hydroxyl groups excluding tert-OH is 1. The molecule has 4 N–H and O–H groups in total. The minimum Gasteiger partial charge on any atom is -0.394 e. The summed E-state index contributed by atoms with van der Waals surface area (Å²) in [5, 5.41) is 12.1. The molecule has 1 fully saturated rings. The molecule has 4 heteroatoms. The summed E-state index contributed by atoms with van der Waals surface area (Å²) in [5.41, 5.74) is 5.45. The van der Waals surface area contributed by atoms with E-state index in [1.54, 1.807) is 0 Å². The SMILES string of the molecule is CC[C@H](CO)NC(=O)C1(CN)CCCCCC1. The van der Waals surface area contributed by atoms with Crippen LogP contribution >= 0.6 is 0 Å². The van der Waals surface area contributed by atoms with Gasteiger partial charge in [0.25, 0.3) is 0 Å². The highest BCUT2D eigenvalue weighted by Crippen LogP contribution is 2.34. The van der Waals surface area contributed by atoms with E-state index >= 15 is 0 Å². The van der Waals surface area contributed by atoms with E-state index in [9.17, 15) is 4.79 Å². The van der Waals surface area contributed by atoms with Crippen molar-refractivity contribution in [3.05, 3.63) is 0 Å². The van der Waals surface area contributed by atoms with E-state index in [1.165, 1.54) is 12.8 Å². The zero-order valence-corrected chi connectivity index (χ0v) is 10.9. The highest BCUT2D eigenvalue weighted by molar-refractivity contribution is 5.83. The smallest absolute Gasteiger partial charge is 0.227 e. The van der Waals surface area contributed by atoms with E-state index in [1.807, 2.05) is 6.92 Å². The molecule has 1 amide bonds. The molecule has 0 aromatic heterocycles. The van der Waals surface area contributed by atoms with Crippen LogP contribution in [0.15, 0.2) is 0 Å². The number of rotatable bonds is 5. The molecule has 1 saturated carbocycles. The quantitative estimate of drug-likeness (QED) is 0.634. The molecule has 0 aromatic rings. The number of aliphatic hydroxyl groups is 1. The maximum Gasteiger partial charge on any atom is 0.227 e. The van der Waals surface area contributed by atoms with Gasteiger partial charge in [-0.2, -0.15) is 0 Å². The summed E-state index contributed by atoms with van der Waals surface area (Å²) in [4.78, 5) is 12.3. The van der Waals surface area contributed by atoms with Gasteiger partial charge in [0, 0.05) is 6.54 Å². The van der Waals surface area contributed by atoms with Crippen molar-refractivity contribution in [1.29, 1.82) is 0 Å². The van der Waals surface area contributed by atoms with Gasteiger partial charge in [0.05, 0.1) is 18.1 Å². The molecule has 1 rings (SSSR count). The lowest BCUT2D eigenvalue weighted by Gasteiger charge is -2.31. The topological polar surface area (TPSA) is 75.3 Å². The summed E-state index contributed by atoms with van der Waals surface area (Å²) in [6, 6.07) is -0.130. The molecule has 0 saturated heterocycles. The average Bonchev–Trinajstić information content (AvgIpc) is 2.61. The Labute approximate surface area is 104 Å². The number of hydrogen-bond acceptors (Lipinski definition) is 3. The predicted molar refractivity (Wildman–Crippen MR) is 68.5 cm³/mol. The molecule has 1 aliphatic rings. The molecule has 17 heavy (non-hydrogen) atoms. The summed E-state index contributed by atoms with van der Waals surface area (Å²) < 4.78 is 0. The van der Waals surface area contributed by atoms with Gasteiger partial charge < -0.3 is 16.2 Å². The van der Waals surface area contributed by atoms with Gasteiger partial charge in [-0.1, -0.05) is 32.6 Å². The first-order chi connectivity index (χ1) is 8.18. The number of carbonyl (C=O) groups excluding carboxylic acids is 1. The Morgan fingerprint density at radius 3 is 2.35 bits per heavy atom. The van der Waals surface area contributed by atoms with Crippen LogP contribution in [0.5, 0.6) is 0 Å². The van der Waals surface area contributed by atoms with Gasteiger partial charge in [-0.15, -0.1) is 0 Å². The van der Waals surface area contributed by atoms with Crippen LogP contribution in [0.3, 0.4) is 0 Å². The highest BCUT2D eigenvalue weighted by atomic mass is 16.3. The van der Waals surface area contributed by atoms with Crippen molar-refractivity contribution in [2.75, 3.05) is 13.2 Å². The fraction of sp³-hybridized carbons (Fsp3) is 0.923. The number of amides is 1. The van der Waals surface area contributed by atoms with Crippen molar-refractivity contribution in [3.8, 4) is 0 Å². The van der Waals surface area contributed by atoms with Crippen LogP contribution in [0.2, 0.25) is 0 Å². The fourth-order valence-corrected chi connectivity index (χ4v) is 2.54. The summed E-state index contributed by atoms with van der Waals surface area (Å²) in [6.45, 7) is 2.38. The standard InChI is InChI=1S/C13H26N2O2/c1-2-11(9-16)15-12(17)13(10-14)7-5-3-4-6-8-13/h11,16H,2-10,14H2,1H3,(H,15,17)/t11-/m1/s1. The lowest BCUT2D eigenvalue weighted by atomic mass is 9.79. The van der Waals surface area contributed by atoms with Crippen LogP contribution in [-0.2, 0) is 4.79 Å². The molecule has 0 aliphatic heterocycles. The van der Waals surface area contributed by atoms with Crippen molar-refractivity contribution in [2.45, 2.75) is 57.9 Å². The molecule has 0 bridgehead atoms. The Morgan fingerprint density at radius 2 is 1.94 bits per heavy atom. The molecule has 0 unspecified atom stereocenters. The minimum atomic E-state index is -0.390. The Kier molecular flexibility index (Phi) is 5.92. The van der Waals surface area contributed by atoms with Crippen LogP contribution in [0.1, 0.15) is 51.9 Å². The van der Waals surface area contributed by atoms with E-state index in [0.717, 1.165) is 32.1 Å². The van der Waals surface area contributed by atoms with Gasteiger partial charge in [0.15, 0.2) is 0 Å². The first-order valence-corrected chi connectivity index (χ1v) is 6.80. The normalized spacial score (nSPS) is 21.6. The largest absolute Gasteiger partial charge is 0.394 e. The van der Waals surface area contributed by atoms with Crippen LogP contribution in [0.4, 0.5) is 0 Å². The van der Waals surface area contributed by atoms with Crippen molar-refractivity contribution in [2.24, 2.45) is 11.1 Å². The second kappa shape index (κ2) is 6.97. The fourth-order valence-electron chi connectivity index (χ4n) is 2.54. The summed E-state index contributed by atoms with van der Waals surface area (Å²) in [5.74, 6) is 0.0443. The third-order valence-electron chi connectivity index (χ3n) is 3.98. The van der Waals surface area contributed by atoms with Crippen LogP contribution in [-0.4, -0.2) is 30.2 Å². The van der Waals surface area contributed by atoms with Crippen LogP contribution in [0, 0.1) is 5.41 Å². The molecular formula is C13H26N2O2. The van der Waals surface area contributed by atoms with E-state index in [4.69, 9.17) is 10.8 Å². The van der Waals surface area contributed by atoms with Crippen LogP contribution in [0.25, 0.3) is 0 Å². The summed E-state index contributed by atoms with van der Waals surface area (Å²) in [6.07, 6.45) is 7.09. The molecule has 0 spiro atoms. The van der Waals surface area contributed by atoms with Crippen molar-refractivity contribution < 1.29 is 9.90 Å². The van der Waals surface area contributed by atoms with Crippen molar-refractivity contribution in [3.63, 3.8) is 0 Å². The van der Waals surface area contributed by atoms with Crippen molar-refractivity contribution >= 4 is 5.91 Å². The van der Waals surface area contributed by atoms with E-state index < -0.39 is 0 Å². The number of nitrogens with one attached hydrogen (secondary N) is 1. The number of nitrogens with two attached hydrogens (primary N) is 1. The second-order valence-corrected chi connectivity index (χ2v) is 5.16. The third-order valence-corrected chi connectivity index (χ3v) is 3.98. The Morgan fingerprint density at radius 1 is 1.35 bits per heavy atom. The molecule has 1 atom stereocenters. The molecule has 1 aliphatic carbocycles. The maximum absolute atomic E-state index is 12.3. The van der Waals surface area contributed by atoms with Gasteiger partial charge in [-0.3, -0.25) is 4.79 Å². The zero-order chi connectivity index (χ0) is 12.7. The monoisotopic (exact) mass is 242 g/mol. The van der Waals surface area contributed by atoms with E-state index in [-0.39, 0.29) is 24.0 Å². The number of hydrogen-bond donors (Lipinski definition) is 3. The van der Waals surface area contributed by atoms with Gasteiger partial charge in [0.2, 0.25) is 5.91 Å². The predicted octanol–water partition coefficient (Wildman–Crippen LogP) is 1.17. The first kappa shape index (κ1) is 14.5. The Balaban J connectivity index is 2.66. The maximum atomic E-state index is 12.3. The molecule has 4 nitrogen and oxygen atoms in total. The van der Waals surface area contributed by atoms with Gasteiger partial charge >= 0.3 is 0 Å². The molecular weight excluding hydrogens is 216 g/mol. The Bertz CT molecular complexity index is 232. The van der Waals surface area contributed by atoms with Crippen LogP contribution < -0.4 is 11.1 Å². The number of carbonyl (C=O) groups is 1. The first-order valence-electron chi connectivity index (χ1n) is 6.80. The molecule has 100 valence electrons. The van der Waals surface area contributed by atoms with Gasteiger partial charge in [-0.25, -0.2) is 0 Å². The zero-order valence-electron chi connectivity index (χ0n) is 10.9. The Hall–Kier alpha value is -0.610. The molecule has 0 radical (unpaired) electrons. The van der Waals surface area contributed by atoms with E-state index in [2.05, 4.69) is 5.32 Å². The van der Waals surface area contributed by atoms with Crippen molar-refractivity contribution in [1.82, 2.24) is 5.32 Å². The lowest BCUT2D eigenvalue weighted by Crippen LogP contribution is -2.50. The highest BCUT2D eigenvalue weighted by Gasteiger charge is 2.37. The lowest BCUT2D eigenvalue weighted by molar-refractivity contribution is -0.132. The molecule has 0 aromatic carbocycles. The third kappa shape index (κ3) is 3.68. The second-order valence-electron chi connectivity index (χ2n) is 5.16. The average molecular weight is 242 g/mol.